The Morgan fingerprint density at radius 1 is 1.09 bits per heavy atom. The summed E-state index contributed by atoms with van der Waals surface area (Å²) in [4.78, 5) is 27.5. The number of hydrogen-bond donors (Lipinski definition) is 2. The van der Waals surface area contributed by atoms with E-state index >= 15 is 0 Å². The predicted octanol–water partition coefficient (Wildman–Crippen LogP) is 3.07. The summed E-state index contributed by atoms with van der Waals surface area (Å²) in [6, 6.07) is 8.87. The number of amides is 2. The van der Waals surface area contributed by atoms with Crippen LogP contribution in [0.3, 0.4) is 0 Å². The number of rotatable bonds is 4. The third-order valence-corrected chi connectivity index (χ3v) is 2.92. The van der Waals surface area contributed by atoms with Crippen LogP contribution in [-0.2, 0) is 4.79 Å². The van der Waals surface area contributed by atoms with Crippen molar-refractivity contribution < 1.29 is 14.0 Å². The van der Waals surface area contributed by atoms with Crippen LogP contribution in [0.5, 0.6) is 0 Å². The van der Waals surface area contributed by atoms with Crippen LogP contribution in [0, 0.1) is 11.7 Å². The number of hydrogen-bond acceptors (Lipinski definition) is 3. The van der Waals surface area contributed by atoms with E-state index in [1.165, 1.54) is 24.4 Å². The second-order valence-electron chi connectivity index (χ2n) is 5.01. The Labute approximate surface area is 127 Å². The van der Waals surface area contributed by atoms with E-state index in [0.29, 0.717) is 11.5 Å². The van der Waals surface area contributed by atoms with Gasteiger partial charge in [-0.1, -0.05) is 26.0 Å². The molecule has 2 N–H and O–H groups in total. The lowest BCUT2D eigenvalue weighted by Gasteiger charge is -2.08. The highest BCUT2D eigenvalue weighted by Gasteiger charge is 2.11. The molecule has 0 saturated carbocycles. The summed E-state index contributed by atoms with van der Waals surface area (Å²) in [7, 11) is 0. The highest BCUT2D eigenvalue weighted by Crippen LogP contribution is 2.13. The molecule has 0 unspecified atom stereocenters. The molecule has 5 nitrogen and oxygen atoms in total. The van der Waals surface area contributed by atoms with Crippen LogP contribution in [0.25, 0.3) is 0 Å². The Morgan fingerprint density at radius 2 is 1.82 bits per heavy atom. The van der Waals surface area contributed by atoms with E-state index in [0.717, 1.165) is 0 Å². The number of carbonyl (C=O) groups excluding carboxylic acids is 2. The molecule has 2 amide bonds. The van der Waals surface area contributed by atoms with Gasteiger partial charge in [-0.15, -0.1) is 0 Å². The summed E-state index contributed by atoms with van der Waals surface area (Å²) in [6.07, 6.45) is 1.40. The smallest absolute Gasteiger partial charge is 0.258 e. The minimum atomic E-state index is -0.589. The first-order valence-corrected chi connectivity index (χ1v) is 6.80. The molecule has 114 valence electrons. The lowest BCUT2D eigenvalue weighted by Crippen LogP contribution is -2.18. The van der Waals surface area contributed by atoms with Crippen molar-refractivity contribution in [2.45, 2.75) is 13.8 Å². The van der Waals surface area contributed by atoms with Gasteiger partial charge < -0.3 is 10.6 Å². The molecule has 22 heavy (non-hydrogen) atoms. The molecule has 6 heteroatoms. The predicted molar refractivity (Wildman–Crippen MR) is 82.1 cm³/mol. The van der Waals surface area contributed by atoms with Gasteiger partial charge in [-0.25, -0.2) is 9.37 Å². The number of nitrogens with one attached hydrogen (secondary N) is 2. The summed E-state index contributed by atoms with van der Waals surface area (Å²) in [5, 5.41) is 5.19. The molecule has 1 aromatic carbocycles. The second-order valence-corrected chi connectivity index (χ2v) is 5.01. The summed E-state index contributed by atoms with van der Waals surface area (Å²) in [5.41, 5.74) is 0.371. The van der Waals surface area contributed by atoms with Gasteiger partial charge in [0.2, 0.25) is 5.91 Å². The number of carbonyl (C=O) groups is 2. The van der Waals surface area contributed by atoms with Crippen LogP contribution in [0.4, 0.5) is 15.9 Å². The van der Waals surface area contributed by atoms with Crippen molar-refractivity contribution in [3.63, 3.8) is 0 Å². The van der Waals surface area contributed by atoms with Crippen LogP contribution in [0.2, 0.25) is 0 Å². The standard InChI is InChI=1S/C16H16FN3O2/c1-10(2)15(21)20-14-8-7-11(9-18-14)19-16(22)12-5-3-4-6-13(12)17/h3-10H,1-2H3,(H,19,22)(H,18,20,21). The first-order chi connectivity index (χ1) is 10.5. The fourth-order valence-electron chi connectivity index (χ4n) is 1.66. The largest absolute Gasteiger partial charge is 0.320 e. The zero-order valence-corrected chi connectivity index (χ0v) is 12.3. The van der Waals surface area contributed by atoms with Gasteiger partial charge >= 0.3 is 0 Å². The average molecular weight is 301 g/mol. The molecule has 0 radical (unpaired) electrons. The van der Waals surface area contributed by atoms with Crippen LogP contribution in [0.1, 0.15) is 24.2 Å². The highest BCUT2D eigenvalue weighted by atomic mass is 19.1. The summed E-state index contributed by atoms with van der Waals surface area (Å²) in [5.74, 6) is -1.05. The van der Waals surface area contributed by atoms with Gasteiger partial charge in [0.1, 0.15) is 11.6 Å². The molecule has 2 rings (SSSR count). The molecule has 0 saturated heterocycles. The topological polar surface area (TPSA) is 71.1 Å². The van der Waals surface area contributed by atoms with Gasteiger partial charge in [-0.2, -0.15) is 0 Å². The minimum absolute atomic E-state index is 0.0420. The number of aromatic nitrogens is 1. The maximum absolute atomic E-state index is 13.5. The number of pyridine rings is 1. The average Bonchev–Trinajstić information content (AvgIpc) is 2.49. The van der Waals surface area contributed by atoms with E-state index in [9.17, 15) is 14.0 Å². The number of anilines is 2. The third-order valence-electron chi connectivity index (χ3n) is 2.92. The second kappa shape index (κ2) is 6.80. The van der Waals surface area contributed by atoms with Crippen molar-refractivity contribution in [2.24, 2.45) is 5.92 Å². The number of halogens is 1. The van der Waals surface area contributed by atoms with Crippen LogP contribution in [-0.4, -0.2) is 16.8 Å². The van der Waals surface area contributed by atoms with Gasteiger partial charge in [0.15, 0.2) is 0 Å². The Balaban J connectivity index is 2.04. The van der Waals surface area contributed by atoms with Crippen molar-refractivity contribution in [1.29, 1.82) is 0 Å². The van der Waals surface area contributed by atoms with Crippen molar-refractivity contribution in [3.8, 4) is 0 Å². The zero-order valence-electron chi connectivity index (χ0n) is 12.3. The maximum Gasteiger partial charge on any atom is 0.258 e. The van der Waals surface area contributed by atoms with Crippen molar-refractivity contribution in [3.05, 3.63) is 54.0 Å². The van der Waals surface area contributed by atoms with E-state index in [1.807, 2.05) is 0 Å². The van der Waals surface area contributed by atoms with Crippen LogP contribution >= 0.6 is 0 Å². The Kier molecular flexibility index (Phi) is 4.83. The van der Waals surface area contributed by atoms with Crippen LogP contribution < -0.4 is 10.6 Å². The van der Waals surface area contributed by atoms with E-state index in [1.54, 1.807) is 32.0 Å². The number of nitrogens with zero attached hydrogens (tertiary/aromatic N) is 1. The molecular weight excluding hydrogens is 285 g/mol. The van der Waals surface area contributed by atoms with Gasteiger partial charge in [0, 0.05) is 5.92 Å². The molecule has 0 spiro atoms. The van der Waals surface area contributed by atoms with Gasteiger partial charge in [0.05, 0.1) is 17.4 Å². The van der Waals surface area contributed by atoms with Gasteiger partial charge in [0.25, 0.3) is 5.91 Å². The summed E-state index contributed by atoms with van der Waals surface area (Å²) < 4.78 is 13.5. The lowest BCUT2D eigenvalue weighted by molar-refractivity contribution is -0.118. The van der Waals surface area contributed by atoms with Crippen LogP contribution in [0.15, 0.2) is 42.6 Å². The first kappa shape index (κ1) is 15.6. The minimum Gasteiger partial charge on any atom is -0.320 e. The molecule has 1 heterocycles. The summed E-state index contributed by atoms with van der Waals surface area (Å²) in [6.45, 7) is 3.55. The Bertz CT molecular complexity index is 684. The van der Waals surface area contributed by atoms with Crippen molar-refractivity contribution in [2.75, 3.05) is 10.6 Å². The number of benzene rings is 1. The third kappa shape index (κ3) is 3.88. The fourth-order valence-corrected chi connectivity index (χ4v) is 1.66. The zero-order chi connectivity index (χ0) is 16.1. The normalized spacial score (nSPS) is 10.4. The Morgan fingerprint density at radius 3 is 2.41 bits per heavy atom. The quantitative estimate of drug-likeness (QED) is 0.911. The molecule has 0 aliphatic rings. The molecule has 1 aromatic heterocycles. The molecule has 0 aliphatic heterocycles. The molecule has 0 bridgehead atoms. The molecule has 2 aromatic rings. The molecule has 0 fully saturated rings. The van der Waals surface area contributed by atoms with E-state index in [2.05, 4.69) is 15.6 Å². The lowest BCUT2D eigenvalue weighted by atomic mass is 10.2. The van der Waals surface area contributed by atoms with E-state index in [4.69, 9.17) is 0 Å². The van der Waals surface area contributed by atoms with Crippen molar-refractivity contribution in [1.82, 2.24) is 4.98 Å². The molecule has 0 atom stereocenters. The monoisotopic (exact) mass is 301 g/mol. The van der Waals surface area contributed by atoms with E-state index in [-0.39, 0.29) is 17.4 Å². The summed E-state index contributed by atoms with van der Waals surface area (Å²) >= 11 is 0. The fraction of sp³-hybridized carbons (Fsp3) is 0.188. The first-order valence-electron chi connectivity index (χ1n) is 6.80. The van der Waals surface area contributed by atoms with Crippen molar-refractivity contribution >= 4 is 23.3 Å². The van der Waals surface area contributed by atoms with Gasteiger partial charge in [-0.05, 0) is 24.3 Å². The molecule has 0 aliphatic carbocycles. The maximum atomic E-state index is 13.5. The van der Waals surface area contributed by atoms with E-state index < -0.39 is 11.7 Å². The Hall–Kier alpha value is -2.76. The molecular formula is C16H16FN3O2. The highest BCUT2D eigenvalue weighted by molar-refractivity contribution is 6.04. The van der Waals surface area contributed by atoms with Gasteiger partial charge in [-0.3, -0.25) is 9.59 Å². The SMILES string of the molecule is CC(C)C(=O)Nc1ccc(NC(=O)c2ccccc2F)cn1.